The van der Waals surface area contributed by atoms with E-state index in [1.807, 2.05) is 73.7 Å². The highest BCUT2D eigenvalue weighted by Gasteiger charge is 2.16. The Morgan fingerprint density at radius 2 is 1.47 bits per heavy atom. The first kappa shape index (κ1) is 18.7. The summed E-state index contributed by atoms with van der Waals surface area (Å²) in [4.78, 5) is 10.8. The van der Waals surface area contributed by atoms with Crippen molar-refractivity contribution >= 4 is 38.6 Å². The van der Waals surface area contributed by atoms with Crippen LogP contribution in [0.1, 0.15) is 5.69 Å². The summed E-state index contributed by atoms with van der Waals surface area (Å²) in [5, 5.41) is 5.70. The molecule has 4 nitrogen and oxygen atoms in total. The molecule has 2 aromatic heterocycles. The summed E-state index contributed by atoms with van der Waals surface area (Å²) < 4.78 is 1.93. The number of rotatable bonds is 4. The first-order valence-electron chi connectivity index (χ1n) is 9.56. The van der Waals surface area contributed by atoms with Gasteiger partial charge in [0.05, 0.1) is 26.5 Å². The third-order valence-corrected chi connectivity index (χ3v) is 6.86. The number of nitrogens with zero attached hydrogens (tertiary/aromatic N) is 3. The number of thiazole rings is 1. The molecular formula is C24H18N4S2. The fourth-order valence-corrected chi connectivity index (χ4v) is 5.16. The van der Waals surface area contributed by atoms with Gasteiger partial charge in [0.15, 0.2) is 4.67 Å². The predicted molar refractivity (Wildman–Crippen MR) is 127 cm³/mol. The van der Waals surface area contributed by atoms with E-state index in [1.165, 1.54) is 0 Å². The number of aromatic nitrogens is 2. The lowest BCUT2D eigenvalue weighted by atomic mass is 10.2. The number of aryl methyl sites for hydroxylation is 1. The molecule has 0 atom stereocenters. The summed E-state index contributed by atoms with van der Waals surface area (Å²) in [6.45, 7) is 2.04. The van der Waals surface area contributed by atoms with Crippen molar-refractivity contribution in [3.63, 3.8) is 0 Å². The van der Waals surface area contributed by atoms with E-state index < -0.39 is 0 Å². The van der Waals surface area contributed by atoms with Gasteiger partial charge in [0.25, 0.3) is 0 Å². The van der Waals surface area contributed by atoms with E-state index in [-0.39, 0.29) is 0 Å². The number of hydrogen-bond acceptors (Lipinski definition) is 6. The molecule has 146 valence electrons. The molecule has 0 bridgehead atoms. The van der Waals surface area contributed by atoms with Gasteiger partial charge in [-0.25, -0.2) is 9.97 Å². The molecule has 0 spiro atoms. The minimum Gasteiger partial charge on any atom is -0.277 e. The zero-order valence-corrected chi connectivity index (χ0v) is 17.9. The van der Waals surface area contributed by atoms with Crippen molar-refractivity contribution in [1.82, 2.24) is 9.97 Å². The Morgan fingerprint density at radius 3 is 2.27 bits per heavy atom. The molecule has 2 heterocycles. The van der Waals surface area contributed by atoms with Crippen molar-refractivity contribution in [2.75, 3.05) is 5.43 Å². The van der Waals surface area contributed by atoms with E-state index >= 15 is 0 Å². The lowest BCUT2D eigenvalue weighted by Crippen LogP contribution is -2.08. The van der Waals surface area contributed by atoms with Crippen molar-refractivity contribution in [1.29, 1.82) is 0 Å². The average molecular weight is 427 g/mol. The zero-order chi connectivity index (χ0) is 20.3. The smallest absolute Gasteiger partial charge is 0.164 e. The summed E-state index contributed by atoms with van der Waals surface area (Å²) in [6, 6.07) is 28.4. The topological polar surface area (TPSA) is 50.2 Å². The molecule has 5 aromatic rings. The Morgan fingerprint density at radius 1 is 0.767 bits per heavy atom. The molecule has 1 N–H and O–H groups in total. The fourth-order valence-electron chi connectivity index (χ4n) is 3.13. The maximum Gasteiger partial charge on any atom is 0.164 e. The van der Waals surface area contributed by atoms with Gasteiger partial charge in [0.2, 0.25) is 0 Å². The van der Waals surface area contributed by atoms with Crippen LogP contribution in [0.2, 0.25) is 0 Å². The molecule has 0 saturated carbocycles. The number of anilines is 1. The monoisotopic (exact) mass is 426 g/mol. The van der Waals surface area contributed by atoms with E-state index in [9.17, 15) is 0 Å². The van der Waals surface area contributed by atoms with Crippen molar-refractivity contribution in [2.45, 2.75) is 6.92 Å². The van der Waals surface area contributed by atoms with Crippen LogP contribution in [0.25, 0.3) is 31.4 Å². The highest BCUT2D eigenvalue weighted by molar-refractivity contribution is 7.19. The quantitative estimate of drug-likeness (QED) is 0.342. The van der Waals surface area contributed by atoms with Gasteiger partial charge in [-0.05, 0) is 31.2 Å². The van der Waals surface area contributed by atoms with Gasteiger partial charge >= 0.3 is 0 Å². The predicted octanol–water partition coefficient (Wildman–Crippen LogP) is 6.32. The summed E-state index contributed by atoms with van der Waals surface area (Å²) >= 11 is 3.28. The highest BCUT2D eigenvalue weighted by Crippen LogP contribution is 2.34. The molecule has 0 aliphatic heterocycles. The highest BCUT2D eigenvalue weighted by atomic mass is 32.1. The second kappa shape index (κ2) is 8.18. The summed E-state index contributed by atoms with van der Waals surface area (Å²) in [5.41, 5.74) is 8.01. The number of hydrogen-bond donors (Lipinski definition) is 1. The third-order valence-electron chi connectivity index (χ3n) is 4.60. The second-order valence-corrected chi connectivity index (χ2v) is 8.75. The van der Waals surface area contributed by atoms with Crippen LogP contribution >= 0.6 is 22.7 Å². The van der Waals surface area contributed by atoms with E-state index in [0.29, 0.717) is 0 Å². The summed E-state index contributed by atoms with van der Waals surface area (Å²) in [5.74, 6) is 0. The van der Waals surface area contributed by atoms with Gasteiger partial charge in [-0.2, -0.15) is 5.10 Å². The maximum absolute atomic E-state index is 4.97. The maximum atomic E-state index is 4.97. The molecule has 30 heavy (non-hydrogen) atoms. The lowest BCUT2D eigenvalue weighted by molar-refractivity contribution is 1.22. The van der Waals surface area contributed by atoms with E-state index in [1.54, 1.807) is 22.7 Å². The minimum absolute atomic E-state index is 0.837. The first-order valence-corrected chi connectivity index (χ1v) is 11.2. The first-order chi connectivity index (χ1) is 14.8. The Kier molecular flexibility index (Phi) is 5.09. The standard InChI is InChI=1S/C24H18N4S2/c1-16-22(30-23(25-16)17-10-4-2-5-11-17)21-24(28-27-18-12-6-3-7-13-18)29-20-15-9-8-14-19(20)26-21/h2-15,27H,1H3/b28-24+. The van der Waals surface area contributed by atoms with E-state index in [0.717, 1.165) is 47.4 Å². The summed E-state index contributed by atoms with van der Waals surface area (Å²) in [6.07, 6.45) is 0. The molecule has 3 aromatic carbocycles. The molecule has 0 unspecified atom stereocenters. The molecule has 0 aliphatic carbocycles. The molecule has 0 saturated heterocycles. The molecule has 0 amide bonds. The number of para-hydroxylation sites is 2. The average Bonchev–Trinajstić information content (AvgIpc) is 3.20. The number of nitrogens with one attached hydrogen (secondary N) is 1. The van der Waals surface area contributed by atoms with Gasteiger partial charge in [-0.15, -0.1) is 22.7 Å². The van der Waals surface area contributed by atoms with Crippen LogP contribution in [0.15, 0.2) is 90.0 Å². The minimum atomic E-state index is 0.837. The van der Waals surface area contributed by atoms with Crippen LogP contribution < -0.4 is 10.1 Å². The van der Waals surface area contributed by atoms with Crippen LogP contribution in [-0.2, 0) is 0 Å². The fraction of sp³-hybridized carbons (Fsp3) is 0.0417. The Bertz CT molecular complexity index is 1370. The van der Waals surface area contributed by atoms with Crippen LogP contribution in [0.4, 0.5) is 5.69 Å². The third kappa shape index (κ3) is 3.75. The number of fused-ring (bicyclic) bond motifs is 1. The largest absolute Gasteiger partial charge is 0.277 e. The molecule has 5 rings (SSSR count). The van der Waals surface area contributed by atoms with Gasteiger partial charge < -0.3 is 0 Å². The van der Waals surface area contributed by atoms with Gasteiger partial charge in [0, 0.05) is 5.56 Å². The van der Waals surface area contributed by atoms with Crippen LogP contribution in [0.5, 0.6) is 0 Å². The van der Waals surface area contributed by atoms with Crippen molar-refractivity contribution in [3.8, 4) is 21.1 Å². The van der Waals surface area contributed by atoms with Crippen LogP contribution in [0, 0.1) is 6.92 Å². The van der Waals surface area contributed by atoms with Crippen LogP contribution in [0.3, 0.4) is 0 Å². The van der Waals surface area contributed by atoms with Gasteiger partial charge in [-0.1, -0.05) is 60.7 Å². The summed E-state index contributed by atoms with van der Waals surface area (Å²) in [7, 11) is 0. The molecule has 6 heteroatoms. The lowest BCUT2D eigenvalue weighted by Gasteiger charge is -2.04. The second-order valence-electron chi connectivity index (χ2n) is 6.72. The van der Waals surface area contributed by atoms with Crippen LogP contribution in [-0.4, -0.2) is 9.97 Å². The molecular weight excluding hydrogens is 408 g/mol. The van der Waals surface area contributed by atoms with Crippen molar-refractivity contribution < 1.29 is 0 Å². The molecule has 0 aliphatic rings. The normalized spacial score (nSPS) is 11.7. The van der Waals surface area contributed by atoms with Gasteiger partial charge in [0.1, 0.15) is 10.7 Å². The Hall–Kier alpha value is -3.35. The van der Waals surface area contributed by atoms with E-state index in [4.69, 9.17) is 15.1 Å². The Balaban J connectivity index is 1.67. The SMILES string of the molecule is Cc1nc(-c2ccccc2)sc1-c1nc2ccccc2s/c1=N/Nc1ccccc1. The molecule has 0 radical (unpaired) electrons. The van der Waals surface area contributed by atoms with Crippen molar-refractivity contribution in [2.24, 2.45) is 5.10 Å². The zero-order valence-electron chi connectivity index (χ0n) is 16.2. The van der Waals surface area contributed by atoms with Gasteiger partial charge in [-0.3, -0.25) is 5.43 Å². The number of benzene rings is 3. The van der Waals surface area contributed by atoms with Crippen molar-refractivity contribution in [3.05, 3.63) is 95.3 Å². The Labute approximate surface area is 182 Å². The van der Waals surface area contributed by atoms with E-state index in [2.05, 4.69) is 23.6 Å². The molecule has 0 fully saturated rings.